The first kappa shape index (κ1) is 29.5. The van der Waals surface area contributed by atoms with Gasteiger partial charge in [-0.1, -0.05) is 13.0 Å². The van der Waals surface area contributed by atoms with Gasteiger partial charge in [-0.3, -0.25) is 14.5 Å². The zero-order chi connectivity index (χ0) is 29.0. The van der Waals surface area contributed by atoms with Gasteiger partial charge in [0.2, 0.25) is 12.7 Å². The molecule has 2 aromatic carbocycles. The smallest absolute Gasteiger partial charge is 0.389 e. The summed E-state index contributed by atoms with van der Waals surface area (Å²) in [5.41, 5.74) is 1.37. The first-order valence-corrected chi connectivity index (χ1v) is 13.1. The van der Waals surface area contributed by atoms with Crippen LogP contribution in [0, 0.1) is 5.92 Å². The lowest BCUT2D eigenvalue weighted by atomic mass is 9.99. The van der Waals surface area contributed by atoms with E-state index in [1.165, 1.54) is 18.2 Å². The summed E-state index contributed by atoms with van der Waals surface area (Å²) in [6, 6.07) is 9.73. The van der Waals surface area contributed by atoms with Crippen LogP contribution in [0.3, 0.4) is 0 Å². The van der Waals surface area contributed by atoms with Crippen LogP contribution >= 0.6 is 0 Å². The van der Waals surface area contributed by atoms with Gasteiger partial charge in [0.25, 0.3) is 5.91 Å². The second-order valence-electron chi connectivity index (χ2n) is 10.4. The molecule has 2 aromatic rings. The fraction of sp³-hybridized carbons (Fsp3) is 0.500. The summed E-state index contributed by atoms with van der Waals surface area (Å²) in [5, 5.41) is 12.3. The Balaban J connectivity index is 1.53. The van der Waals surface area contributed by atoms with Crippen molar-refractivity contribution in [2.24, 2.45) is 5.92 Å². The molecular weight excluding hydrogens is 531 g/mol. The summed E-state index contributed by atoms with van der Waals surface area (Å²) in [6.45, 7) is 5.08. The number of likely N-dealkylation sites (N-methyl/N-ethyl adjacent to an activating group) is 1. The Morgan fingerprint density at radius 1 is 1.18 bits per heavy atom. The van der Waals surface area contributed by atoms with Crippen LogP contribution in [0.4, 0.5) is 18.9 Å². The number of nitrogens with one attached hydrogen (secondary N) is 1. The van der Waals surface area contributed by atoms with Crippen LogP contribution < -0.4 is 19.5 Å². The van der Waals surface area contributed by atoms with E-state index >= 15 is 0 Å². The van der Waals surface area contributed by atoms with Gasteiger partial charge >= 0.3 is 6.18 Å². The fourth-order valence-electron chi connectivity index (χ4n) is 4.72. The highest BCUT2D eigenvalue weighted by atomic mass is 19.4. The molecule has 0 saturated carbocycles. The molecule has 2 heterocycles. The number of aliphatic hydroxyl groups excluding tert-OH is 1. The van der Waals surface area contributed by atoms with Gasteiger partial charge in [-0.2, -0.15) is 13.2 Å². The first-order valence-electron chi connectivity index (χ1n) is 13.1. The normalized spacial score (nSPS) is 19.5. The van der Waals surface area contributed by atoms with Crippen molar-refractivity contribution in [2.75, 3.05) is 38.9 Å². The second kappa shape index (κ2) is 12.3. The maximum absolute atomic E-state index is 13.5. The van der Waals surface area contributed by atoms with E-state index in [9.17, 15) is 27.9 Å². The van der Waals surface area contributed by atoms with Crippen LogP contribution in [0.25, 0.3) is 0 Å². The van der Waals surface area contributed by atoms with Crippen LogP contribution in [-0.2, 0) is 11.3 Å². The summed E-state index contributed by atoms with van der Waals surface area (Å²) in [6.07, 6.45) is -6.76. The van der Waals surface area contributed by atoms with Crippen molar-refractivity contribution in [2.45, 2.75) is 51.6 Å². The van der Waals surface area contributed by atoms with E-state index < -0.39 is 36.9 Å². The predicted octanol–water partition coefficient (Wildman–Crippen LogP) is 4.05. The number of rotatable bonds is 9. The van der Waals surface area contributed by atoms with E-state index in [4.69, 9.17) is 14.2 Å². The largest absolute Gasteiger partial charge is 0.488 e. The molecule has 2 amide bonds. The van der Waals surface area contributed by atoms with Crippen LogP contribution in [-0.4, -0.2) is 78.6 Å². The summed E-state index contributed by atoms with van der Waals surface area (Å²) in [5.74, 6) is 0.381. The molecule has 0 aliphatic carbocycles. The minimum Gasteiger partial charge on any atom is -0.488 e. The molecular formula is C28H34F3N3O6. The Labute approximate surface area is 230 Å². The Morgan fingerprint density at radius 3 is 2.62 bits per heavy atom. The van der Waals surface area contributed by atoms with Gasteiger partial charge in [-0.05, 0) is 49.9 Å². The molecule has 2 N–H and O–H groups in total. The van der Waals surface area contributed by atoms with E-state index in [1.807, 2.05) is 32.2 Å². The minimum absolute atomic E-state index is 0.105. The number of hydrogen-bond donors (Lipinski definition) is 2. The molecule has 0 radical (unpaired) electrons. The minimum atomic E-state index is -4.45. The van der Waals surface area contributed by atoms with E-state index in [2.05, 4.69) is 10.2 Å². The molecule has 2 aliphatic rings. The third-order valence-electron chi connectivity index (χ3n) is 6.97. The Bertz CT molecular complexity index is 1220. The number of anilines is 1. The Kier molecular flexibility index (Phi) is 9.09. The SMILES string of the molecule is C[C@H](CO)N1C[C@H](C)[C@@H](CN(C)Cc2ccc3c(c2)OCO3)Oc2ccc(NC(=O)CCC(F)(F)F)cc2C1=O. The van der Waals surface area contributed by atoms with E-state index in [1.54, 1.807) is 11.8 Å². The summed E-state index contributed by atoms with van der Waals surface area (Å²) < 4.78 is 54.8. The molecule has 0 fully saturated rings. The highest BCUT2D eigenvalue weighted by Gasteiger charge is 2.34. The van der Waals surface area contributed by atoms with Gasteiger partial charge in [0, 0.05) is 37.7 Å². The van der Waals surface area contributed by atoms with Gasteiger partial charge in [-0.25, -0.2) is 0 Å². The second-order valence-corrected chi connectivity index (χ2v) is 10.4. The molecule has 9 nitrogen and oxygen atoms in total. The van der Waals surface area contributed by atoms with E-state index in [0.29, 0.717) is 36.9 Å². The number of alkyl halides is 3. The first-order chi connectivity index (χ1) is 18.9. The van der Waals surface area contributed by atoms with Gasteiger partial charge in [0.15, 0.2) is 11.5 Å². The molecule has 2 aliphatic heterocycles. The fourth-order valence-corrected chi connectivity index (χ4v) is 4.72. The van der Waals surface area contributed by atoms with Crippen molar-refractivity contribution in [1.82, 2.24) is 9.80 Å². The molecule has 0 saturated heterocycles. The molecule has 40 heavy (non-hydrogen) atoms. The quantitative estimate of drug-likeness (QED) is 0.473. The Hall–Kier alpha value is -3.51. The van der Waals surface area contributed by atoms with Crippen molar-refractivity contribution in [3.63, 3.8) is 0 Å². The van der Waals surface area contributed by atoms with Crippen molar-refractivity contribution in [3.8, 4) is 17.2 Å². The maximum Gasteiger partial charge on any atom is 0.389 e. The number of aliphatic hydroxyl groups is 1. The lowest BCUT2D eigenvalue weighted by molar-refractivity contribution is -0.142. The molecule has 12 heteroatoms. The number of ether oxygens (including phenoxy) is 3. The number of carbonyl (C=O) groups excluding carboxylic acids is 2. The number of carbonyl (C=O) groups is 2. The zero-order valence-corrected chi connectivity index (χ0v) is 22.7. The molecule has 4 rings (SSSR count). The average molecular weight is 566 g/mol. The number of nitrogens with zero attached hydrogens (tertiary/aromatic N) is 2. The van der Waals surface area contributed by atoms with Crippen LogP contribution in [0.2, 0.25) is 0 Å². The van der Waals surface area contributed by atoms with Gasteiger partial charge in [-0.15, -0.1) is 0 Å². The van der Waals surface area contributed by atoms with Crippen LogP contribution in [0.1, 0.15) is 42.6 Å². The number of fused-ring (bicyclic) bond motifs is 2. The molecule has 0 spiro atoms. The predicted molar refractivity (Wildman–Crippen MR) is 140 cm³/mol. The molecule has 3 atom stereocenters. The zero-order valence-electron chi connectivity index (χ0n) is 22.7. The monoisotopic (exact) mass is 565 g/mol. The Morgan fingerprint density at radius 2 is 1.90 bits per heavy atom. The average Bonchev–Trinajstić information content (AvgIpc) is 3.37. The van der Waals surface area contributed by atoms with Crippen molar-refractivity contribution >= 4 is 17.5 Å². The standard InChI is InChI=1S/C28H34F3N3O6/c1-17-12-34(18(2)15-35)27(37)21-11-20(32-26(36)8-9-28(29,30)31)5-7-22(21)40-25(17)14-33(3)13-19-4-6-23-24(10-19)39-16-38-23/h4-7,10-11,17-18,25,35H,8-9,12-16H2,1-3H3,(H,32,36)/t17-,18+,25+/m0/s1. The number of halogens is 3. The summed E-state index contributed by atoms with van der Waals surface area (Å²) in [4.78, 5) is 29.3. The maximum atomic E-state index is 13.5. The van der Waals surface area contributed by atoms with Crippen molar-refractivity contribution in [3.05, 3.63) is 47.5 Å². The summed E-state index contributed by atoms with van der Waals surface area (Å²) in [7, 11) is 1.96. The highest BCUT2D eigenvalue weighted by molar-refractivity contribution is 5.99. The third kappa shape index (κ3) is 7.36. The molecule has 0 unspecified atom stereocenters. The van der Waals surface area contributed by atoms with Gasteiger partial charge < -0.3 is 29.5 Å². The molecule has 0 aromatic heterocycles. The number of amides is 2. The van der Waals surface area contributed by atoms with Gasteiger partial charge in [0.1, 0.15) is 11.9 Å². The van der Waals surface area contributed by atoms with E-state index in [-0.39, 0.29) is 36.7 Å². The highest BCUT2D eigenvalue weighted by Crippen LogP contribution is 2.34. The van der Waals surface area contributed by atoms with Crippen LogP contribution in [0.5, 0.6) is 17.2 Å². The third-order valence-corrected chi connectivity index (χ3v) is 6.97. The lowest BCUT2D eigenvalue weighted by Gasteiger charge is -2.38. The lowest BCUT2D eigenvalue weighted by Crippen LogP contribution is -2.49. The number of benzene rings is 2. The van der Waals surface area contributed by atoms with Crippen molar-refractivity contribution in [1.29, 1.82) is 0 Å². The molecule has 0 bridgehead atoms. The van der Waals surface area contributed by atoms with E-state index in [0.717, 1.165) is 5.56 Å². The number of hydrogen-bond acceptors (Lipinski definition) is 7. The molecule has 218 valence electrons. The van der Waals surface area contributed by atoms with Gasteiger partial charge in [0.05, 0.1) is 24.6 Å². The summed E-state index contributed by atoms with van der Waals surface area (Å²) >= 11 is 0. The van der Waals surface area contributed by atoms with Crippen molar-refractivity contribution < 1.29 is 42.1 Å². The van der Waals surface area contributed by atoms with Crippen LogP contribution in [0.15, 0.2) is 36.4 Å². The topological polar surface area (TPSA) is 101 Å².